The van der Waals surface area contributed by atoms with E-state index in [4.69, 9.17) is 0 Å². The Morgan fingerprint density at radius 1 is 1.03 bits per heavy atom. The molecule has 164 valence electrons. The smallest absolute Gasteiger partial charge is 0.264 e. The van der Waals surface area contributed by atoms with Gasteiger partial charge in [0.15, 0.2) is 0 Å². The molecule has 31 heavy (non-hydrogen) atoms. The summed E-state index contributed by atoms with van der Waals surface area (Å²) in [6.07, 6.45) is 8.59. The van der Waals surface area contributed by atoms with E-state index in [1.807, 2.05) is 4.90 Å². The molecule has 9 nitrogen and oxygen atoms in total. The molecule has 2 aliphatic rings. The van der Waals surface area contributed by atoms with E-state index in [0.717, 1.165) is 25.7 Å². The Morgan fingerprint density at radius 2 is 1.71 bits per heavy atom. The predicted octanol–water partition coefficient (Wildman–Crippen LogP) is 2.40. The summed E-state index contributed by atoms with van der Waals surface area (Å²) in [7, 11) is -3.84. The van der Waals surface area contributed by atoms with Crippen LogP contribution in [-0.4, -0.2) is 47.7 Å². The monoisotopic (exact) mass is 443 g/mol. The minimum absolute atomic E-state index is 0.0201. The molecule has 0 unspecified atom stereocenters. The number of benzene rings is 1. The summed E-state index contributed by atoms with van der Waals surface area (Å²) in [5.41, 5.74) is 0.475. The van der Waals surface area contributed by atoms with E-state index in [9.17, 15) is 18.0 Å². The lowest BCUT2D eigenvalue weighted by atomic mass is 9.94. The highest BCUT2D eigenvalue weighted by atomic mass is 32.2. The molecule has 1 saturated heterocycles. The second kappa shape index (κ2) is 9.01. The maximum Gasteiger partial charge on any atom is 0.264 e. The predicted molar refractivity (Wildman–Crippen MR) is 115 cm³/mol. The van der Waals surface area contributed by atoms with Crippen LogP contribution in [0.15, 0.2) is 47.6 Å². The summed E-state index contributed by atoms with van der Waals surface area (Å²) in [4.78, 5) is 34.7. The molecule has 2 heterocycles. The minimum Gasteiger partial charge on any atom is -0.339 e. The van der Waals surface area contributed by atoms with Gasteiger partial charge in [-0.2, -0.15) is 0 Å². The van der Waals surface area contributed by atoms with E-state index in [1.165, 1.54) is 43.1 Å². The molecule has 1 aliphatic heterocycles. The topological polar surface area (TPSA) is 121 Å². The lowest BCUT2D eigenvalue weighted by Crippen LogP contribution is -2.38. The van der Waals surface area contributed by atoms with Crippen LogP contribution >= 0.6 is 0 Å². The fraction of sp³-hybridized carbons (Fsp3) is 0.429. The van der Waals surface area contributed by atoms with E-state index < -0.39 is 15.9 Å². The van der Waals surface area contributed by atoms with Crippen molar-refractivity contribution in [3.05, 3.63) is 42.7 Å². The summed E-state index contributed by atoms with van der Waals surface area (Å²) in [5.74, 6) is -0.594. The standard InChI is InChI=1S/C21H25N5O4S/c27-19-13-15(14-26(19)17-5-2-1-3-6-17)20(28)24-16-7-9-18(10-8-16)31(29,30)25-21-22-11-4-12-23-21/h4,7-12,15,17H,1-3,5-6,13-14H2,(H,24,28)(H,22,23,25)/t15-/m1/s1. The zero-order valence-corrected chi connectivity index (χ0v) is 17.8. The van der Waals surface area contributed by atoms with Crippen molar-refractivity contribution in [2.75, 3.05) is 16.6 Å². The second-order valence-electron chi connectivity index (χ2n) is 7.93. The van der Waals surface area contributed by atoms with E-state index >= 15 is 0 Å². The Balaban J connectivity index is 1.36. The van der Waals surface area contributed by atoms with Gasteiger partial charge in [0, 0.05) is 37.1 Å². The number of anilines is 2. The first-order valence-corrected chi connectivity index (χ1v) is 11.9. The van der Waals surface area contributed by atoms with Gasteiger partial charge >= 0.3 is 0 Å². The van der Waals surface area contributed by atoms with Crippen molar-refractivity contribution in [2.24, 2.45) is 5.92 Å². The molecule has 2 fully saturated rings. The van der Waals surface area contributed by atoms with Crippen LogP contribution in [0.5, 0.6) is 0 Å². The number of aromatic nitrogens is 2. The largest absolute Gasteiger partial charge is 0.339 e. The fourth-order valence-electron chi connectivity index (χ4n) is 4.15. The first kappa shape index (κ1) is 21.2. The molecule has 2 N–H and O–H groups in total. The SMILES string of the molecule is O=C(Nc1ccc(S(=O)(=O)Nc2ncccn2)cc1)[C@@H]1CC(=O)N(C2CCCCC2)C1. The molecule has 1 aromatic heterocycles. The summed E-state index contributed by atoms with van der Waals surface area (Å²) in [6, 6.07) is 7.68. The van der Waals surface area contributed by atoms with Gasteiger partial charge in [-0.1, -0.05) is 19.3 Å². The Bertz CT molecular complexity index is 1040. The molecule has 4 rings (SSSR count). The van der Waals surface area contributed by atoms with Crippen LogP contribution in [0.25, 0.3) is 0 Å². The minimum atomic E-state index is -3.84. The van der Waals surface area contributed by atoms with Crippen molar-refractivity contribution in [1.29, 1.82) is 0 Å². The third kappa shape index (κ3) is 5.01. The van der Waals surface area contributed by atoms with Gasteiger partial charge in [-0.05, 0) is 43.2 Å². The maximum atomic E-state index is 12.7. The number of sulfonamides is 1. The number of nitrogens with one attached hydrogen (secondary N) is 2. The zero-order chi connectivity index (χ0) is 21.8. The number of carbonyl (C=O) groups is 2. The molecule has 0 bridgehead atoms. The molecule has 1 saturated carbocycles. The lowest BCUT2D eigenvalue weighted by molar-refractivity contribution is -0.130. The van der Waals surface area contributed by atoms with Crippen LogP contribution in [0.3, 0.4) is 0 Å². The number of hydrogen-bond acceptors (Lipinski definition) is 6. The first-order valence-electron chi connectivity index (χ1n) is 10.4. The fourth-order valence-corrected chi connectivity index (χ4v) is 5.10. The first-order chi connectivity index (χ1) is 14.9. The van der Waals surface area contributed by atoms with Gasteiger partial charge in [-0.15, -0.1) is 0 Å². The van der Waals surface area contributed by atoms with Crippen molar-refractivity contribution in [2.45, 2.75) is 49.5 Å². The molecule has 1 aliphatic carbocycles. The average molecular weight is 444 g/mol. The van der Waals surface area contributed by atoms with Crippen molar-refractivity contribution >= 4 is 33.5 Å². The molecule has 2 amide bonds. The van der Waals surface area contributed by atoms with Gasteiger partial charge in [-0.3, -0.25) is 9.59 Å². The van der Waals surface area contributed by atoms with Gasteiger partial charge in [0.25, 0.3) is 10.0 Å². The van der Waals surface area contributed by atoms with Gasteiger partial charge in [0.2, 0.25) is 17.8 Å². The van der Waals surface area contributed by atoms with E-state index in [2.05, 4.69) is 20.0 Å². The summed E-state index contributed by atoms with van der Waals surface area (Å²) in [5, 5.41) is 2.80. The zero-order valence-electron chi connectivity index (χ0n) is 17.0. The number of rotatable bonds is 6. The third-order valence-corrected chi connectivity index (χ3v) is 7.11. The van der Waals surface area contributed by atoms with Gasteiger partial charge in [0.05, 0.1) is 10.8 Å². The second-order valence-corrected chi connectivity index (χ2v) is 9.61. The Kier molecular flexibility index (Phi) is 6.17. The summed E-state index contributed by atoms with van der Waals surface area (Å²) < 4.78 is 27.2. The van der Waals surface area contributed by atoms with Crippen LogP contribution in [0.1, 0.15) is 38.5 Å². The van der Waals surface area contributed by atoms with Gasteiger partial charge in [0.1, 0.15) is 0 Å². The molecule has 0 radical (unpaired) electrons. The summed E-state index contributed by atoms with van der Waals surface area (Å²) >= 11 is 0. The van der Waals surface area contributed by atoms with Crippen LogP contribution in [0, 0.1) is 5.92 Å². The molecular weight excluding hydrogens is 418 g/mol. The normalized spacial score (nSPS) is 19.9. The number of carbonyl (C=O) groups excluding carboxylic acids is 2. The summed E-state index contributed by atoms with van der Waals surface area (Å²) in [6.45, 7) is 0.447. The number of hydrogen-bond donors (Lipinski definition) is 2. The van der Waals surface area contributed by atoms with Crippen LogP contribution in [0.2, 0.25) is 0 Å². The molecule has 10 heteroatoms. The van der Waals surface area contributed by atoms with Crippen molar-refractivity contribution in [3.63, 3.8) is 0 Å². The van der Waals surface area contributed by atoms with Gasteiger partial charge < -0.3 is 10.2 Å². The van der Waals surface area contributed by atoms with Gasteiger partial charge in [-0.25, -0.2) is 23.1 Å². The lowest BCUT2D eigenvalue weighted by Gasteiger charge is -2.31. The number of likely N-dealkylation sites (tertiary alicyclic amines) is 1. The molecular formula is C21H25N5O4S. The third-order valence-electron chi connectivity index (χ3n) is 5.77. The number of nitrogens with zero attached hydrogens (tertiary/aromatic N) is 3. The molecule has 2 aromatic rings. The van der Waals surface area contributed by atoms with Crippen LogP contribution in [-0.2, 0) is 19.6 Å². The van der Waals surface area contributed by atoms with Crippen molar-refractivity contribution in [1.82, 2.24) is 14.9 Å². The highest BCUT2D eigenvalue weighted by Crippen LogP contribution is 2.29. The van der Waals surface area contributed by atoms with E-state index in [0.29, 0.717) is 12.2 Å². The average Bonchev–Trinajstić information content (AvgIpc) is 3.17. The molecule has 1 atom stereocenters. The highest BCUT2D eigenvalue weighted by molar-refractivity contribution is 7.92. The number of amides is 2. The Morgan fingerprint density at radius 3 is 2.39 bits per heavy atom. The van der Waals surface area contributed by atoms with Crippen LogP contribution in [0.4, 0.5) is 11.6 Å². The Hall–Kier alpha value is -3.01. The van der Waals surface area contributed by atoms with Crippen molar-refractivity contribution in [3.8, 4) is 0 Å². The quantitative estimate of drug-likeness (QED) is 0.707. The van der Waals surface area contributed by atoms with E-state index in [-0.39, 0.29) is 35.1 Å². The van der Waals surface area contributed by atoms with Crippen LogP contribution < -0.4 is 10.0 Å². The Labute approximate surface area is 181 Å². The van der Waals surface area contributed by atoms with E-state index in [1.54, 1.807) is 6.07 Å². The molecule has 1 aromatic carbocycles. The van der Waals surface area contributed by atoms with Crippen molar-refractivity contribution < 1.29 is 18.0 Å². The molecule has 0 spiro atoms. The maximum absolute atomic E-state index is 12.7. The highest BCUT2D eigenvalue weighted by Gasteiger charge is 2.38.